The minimum Gasteiger partial charge on any atom is -0.379 e. The van der Waals surface area contributed by atoms with Gasteiger partial charge in [0.2, 0.25) is 0 Å². The van der Waals surface area contributed by atoms with Gasteiger partial charge in [0.05, 0.1) is 17.3 Å². The predicted molar refractivity (Wildman–Crippen MR) is 56.8 cm³/mol. The Labute approximate surface area is 101 Å². The van der Waals surface area contributed by atoms with Crippen molar-refractivity contribution in [3.63, 3.8) is 0 Å². The van der Waals surface area contributed by atoms with Crippen LogP contribution >= 0.6 is 11.6 Å². The first kappa shape index (κ1) is 14.1. The Balaban J connectivity index is 2.32. The average molecular weight is 272 g/mol. The number of anilines is 1. The molecular weight excluding hydrogens is 262 g/mol. The van der Waals surface area contributed by atoms with Gasteiger partial charge < -0.3 is 10.1 Å². The molecule has 7 heteroatoms. The minimum atomic E-state index is -4.35. The van der Waals surface area contributed by atoms with Crippen LogP contribution in [-0.4, -0.2) is 25.9 Å². The number of nitrogens with one attached hydrogen (secondary N) is 1. The van der Waals surface area contributed by atoms with Crippen LogP contribution in [0.4, 0.5) is 23.2 Å². The maximum Gasteiger partial charge on any atom is 0.411 e. The molecule has 1 aromatic carbocycles. The highest BCUT2D eigenvalue weighted by Crippen LogP contribution is 2.24. The molecule has 0 bridgehead atoms. The van der Waals surface area contributed by atoms with Crippen LogP contribution in [0.2, 0.25) is 5.02 Å². The average Bonchev–Trinajstić information content (AvgIpc) is 2.20. The molecule has 1 aromatic rings. The molecule has 1 rings (SSSR count). The molecular formula is C10H10ClF4NO. The van der Waals surface area contributed by atoms with Crippen molar-refractivity contribution in [3.05, 3.63) is 29.0 Å². The molecule has 2 nitrogen and oxygen atoms in total. The standard InChI is InChI=1S/C10H10ClF4NO/c11-7-2-1-3-8(12)9(7)16-4-5-17-6-10(13,14)15/h1-3,16H,4-6H2. The third-order valence-electron chi connectivity index (χ3n) is 1.78. The predicted octanol–water partition coefficient (Wildman–Crippen LogP) is 3.47. The fourth-order valence-electron chi connectivity index (χ4n) is 1.10. The first-order valence-electron chi connectivity index (χ1n) is 4.72. The Morgan fingerprint density at radius 1 is 1.29 bits per heavy atom. The Morgan fingerprint density at radius 2 is 2.00 bits per heavy atom. The number of benzene rings is 1. The maximum absolute atomic E-state index is 13.2. The van der Waals surface area contributed by atoms with Crippen molar-refractivity contribution in [2.24, 2.45) is 0 Å². The van der Waals surface area contributed by atoms with Crippen molar-refractivity contribution in [2.45, 2.75) is 6.18 Å². The van der Waals surface area contributed by atoms with Crippen LogP contribution in [0, 0.1) is 5.82 Å². The lowest BCUT2D eigenvalue weighted by Crippen LogP contribution is -2.20. The van der Waals surface area contributed by atoms with E-state index < -0.39 is 18.6 Å². The van der Waals surface area contributed by atoms with Crippen molar-refractivity contribution in [1.82, 2.24) is 0 Å². The van der Waals surface area contributed by atoms with Crippen LogP contribution in [0.25, 0.3) is 0 Å². The van der Waals surface area contributed by atoms with Crippen molar-refractivity contribution in [2.75, 3.05) is 25.1 Å². The second-order valence-electron chi connectivity index (χ2n) is 3.19. The van der Waals surface area contributed by atoms with Gasteiger partial charge in [-0.15, -0.1) is 0 Å². The van der Waals surface area contributed by atoms with E-state index >= 15 is 0 Å². The summed E-state index contributed by atoms with van der Waals surface area (Å²) in [6.07, 6.45) is -4.35. The molecule has 17 heavy (non-hydrogen) atoms. The highest BCUT2D eigenvalue weighted by molar-refractivity contribution is 6.33. The van der Waals surface area contributed by atoms with Crippen molar-refractivity contribution in [3.8, 4) is 0 Å². The van der Waals surface area contributed by atoms with E-state index in [1.165, 1.54) is 18.2 Å². The summed E-state index contributed by atoms with van der Waals surface area (Å²) < 4.78 is 52.7. The summed E-state index contributed by atoms with van der Waals surface area (Å²) in [5.74, 6) is -0.562. The Kier molecular flexibility index (Phi) is 5.02. The number of halogens is 5. The molecule has 0 spiro atoms. The number of alkyl halides is 3. The Hall–Kier alpha value is -1.01. The molecule has 0 unspecified atom stereocenters. The summed E-state index contributed by atoms with van der Waals surface area (Å²) >= 11 is 5.69. The third-order valence-corrected chi connectivity index (χ3v) is 2.09. The number of hydrogen-bond donors (Lipinski definition) is 1. The van der Waals surface area contributed by atoms with Crippen LogP contribution in [-0.2, 0) is 4.74 Å². The number of ether oxygens (including phenoxy) is 1. The van der Waals surface area contributed by atoms with Crippen LogP contribution in [0.5, 0.6) is 0 Å². The summed E-state index contributed by atoms with van der Waals surface area (Å²) in [4.78, 5) is 0. The van der Waals surface area contributed by atoms with E-state index in [2.05, 4.69) is 10.1 Å². The molecule has 0 aliphatic rings. The van der Waals surface area contributed by atoms with Crippen molar-refractivity contribution < 1.29 is 22.3 Å². The topological polar surface area (TPSA) is 21.3 Å². The van der Waals surface area contributed by atoms with E-state index in [0.717, 1.165) is 0 Å². The van der Waals surface area contributed by atoms with Gasteiger partial charge in [0.1, 0.15) is 12.4 Å². The second kappa shape index (κ2) is 6.07. The molecule has 0 aromatic heterocycles. The van der Waals surface area contributed by atoms with Crippen LogP contribution in [0.3, 0.4) is 0 Å². The lowest BCUT2D eigenvalue weighted by Gasteiger charge is -2.10. The van der Waals surface area contributed by atoms with Gasteiger partial charge in [-0.1, -0.05) is 17.7 Å². The summed E-state index contributed by atoms with van der Waals surface area (Å²) in [6, 6.07) is 4.11. The molecule has 0 aliphatic carbocycles. The first-order valence-corrected chi connectivity index (χ1v) is 5.10. The fourth-order valence-corrected chi connectivity index (χ4v) is 1.33. The molecule has 0 atom stereocenters. The highest BCUT2D eigenvalue weighted by atomic mass is 35.5. The largest absolute Gasteiger partial charge is 0.411 e. The molecule has 0 saturated carbocycles. The molecule has 0 amide bonds. The lowest BCUT2D eigenvalue weighted by atomic mass is 10.3. The summed E-state index contributed by atoms with van der Waals surface area (Å²) in [7, 11) is 0. The number of rotatable bonds is 5. The molecule has 0 heterocycles. The number of hydrogen-bond acceptors (Lipinski definition) is 2. The van der Waals surface area contributed by atoms with Crippen LogP contribution < -0.4 is 5.32 Å². The van der Waals surface area contributed by atoms with Gasteiger partial charge in [-0.05, 0) is 12.1 Å². The van der Waals surface area contributed by atoms with Gasteiger partial charge in [-0.3, -0.25) is 0 Å². The van der Waals surface area contributed by atoms with Gasteiger partial charge in [-0.25, -0.2) is 4.39 Å². The third kappa shape index (κ3) is 5.23. The molecule has 0 radical (unpaired) electrons. The maximum atomic E-state index is 13.2. The number of para-hydroxylation sites is 1. The molecule has 0 aliphatic heterocycles. The molecule has 0 saturated heterocycles. The zero-order chi connectivity index (χ0) is 12.9. The monoisotopic (exact) mass is 271 g/mol. The fraction of sp³-hybridized carbons (Fsp3) is 0.400. The summed E-state index contributed by atoms with van der Waals surface area (Å²) in [5.41, 5.74) is 0.0600. The highest BCUT2D eigenvalue weighted by Gasteiger charge is 2.27. The van der Waals surface area contributed by atoms with E-state index in [0.29, 0.717) is 0 Å². The van der Waals surface area contributed by atoms with Gasteiger partial charge in [0.25, 0.3) is 0 Å². The molecule has 1 N–H and O–H groups in total. The quantitative estimate of drug-likeness (QED) is 0.654. The van der Waals surface area contributed by atoms with E-state index in [9.17, 15) is 17.6 Å². The zero-order valence-corrected chi connectivity index (χ0v) is 9.41. The van der Waals surface area contributed by atoms with E-state index in [4.69, 9.17) is 11.6 Å². The van der Waals surface area contributed by atoms with E-state index in [-0.39, 0.29) is 23.9 Å². The molecule has 96 valence electrons. The minimum absolute atomic E-state index is 0.0384. The SMILES string of the molecule is Fc1cccc(Cl)c1NCCOCC(F)(F)F. The summed E-state index contributed by atoms with van der Waals surface area (Å²) in [5, 5.41) is 2.74. The van der Waals surface area contributed by atoms with Crippen LogP contribution in [0.1, 0.15) is 0 Å². The van der Waals surface area contributed by atoms with Crippen LogP contribution in [0.15, 0.2) is 18.2 Å². The van der Waals surface area contributed by atoms with Gasteiger partial charge in [0, 0.05) is 6.54 Å². The van der Waals surface area contributed by atoms with E-state index in [1.54, 1.807) is 0 Å². The Bertz CT molecular complexity index is 350. The first-order chi connectivity index (χ1) is 7.90. The Morgan fingerprint density at radius 3 is 2.59 bits per heavy atom. The second-order valence-corrected chi connectivity index (χ2v) is 3.60. The lowest BCUT2D eigenvalue weighted by molar-refractivity contribution is -0.172. The summed E-state index contributed by atoms with van der Waals surface area (Å²) in [6.45, 7) is -1.47. The molecule has 0 fully saturated rings. The van der Waals surface area contributed by atoms with Gasteiger partial charge in [-0.2, -0.15) is 13.2 Å². The normalized spacial score (nSPS) is 11.6. The van der Waals surface area contributed by atoms with Gasteiger partial charge in [0.15, 0.2) is 0 Å². The van der Waals surface area contributed by atoms with Crippen molar-refractivity contribution in [1.29, 1.82) is 0 Å². The zero-order valence-electron chi connectivity index (χ0n) is 8.65. The van der Waals surface area contributed by atoms with E-state index in [1.807, 2.05) is 0 Å². The van der Waals surface area contributed by atoms with Crippen molar-refractivity contribution >= 4 is 17.3 Å². The van der Waals surface area contributed by atoms with Gasteiger partial charge >= 0.3 is 6.18 Å². The smallest absolute Gasteiger partial charge is 0.379 e.